The van der Waals surface area contributed by atoms with E-state index >= 15 is 0 Å². The van der Waals surface area contributed by atoms with Crippen LogP contribution in [0, 0.1) is 5.82 Å². The van der Waals surface area contributed by atoms with Crippen molar-refractivity contribution >= 4 is 22.8 Å². The van der Waals surface area contributed by atoms with Gasteiger partial charge in [0.25, 0.3) is 0 Å². The number of rotatable bonds is 13. The molecule has 4 atom stereocenters. The number of oxazole rings is 1. The summed E-state index contributed by atoms with van der Waals surface area (Å²) in [5.41, 5.74) is -1.72. The topological polar surface area (TPSA) is 166 Å². The average molecular weight is 809 g/mol. The molecule has 2 amide bonds. The third kappa shape index (κ3) is 8.43. The zero-order chi connectivity index (χ0) is 41.2. The minimum Gasteiger partial charge on any atom is -0.490 e. The summed E-state index contributed by atoms with van der Waals surface area (Å²) in [6, 6.07) is 15.4. The molecule has 308 valence electrons. The monoisotopic (exact) mass is 808 g/mol. The number of alkyl halides is 3. The van der Waals surface area contributed by atoms with E-state index in [0.717, 1.165) is 0 Å². The van der Waals surface area contributed by atoms with E-state index in [1.807, 2.05) is 5.32 Å². The van der Waals surface area contributed by atoms with Crippen molar-refractivity contribution in [3.63, 3.8) is 0 Å². The molecular weight excluding hydrogens is 764 g/mol. The summed E-state index contributed by atoms with van der Waals surface area (Å²) >= 11 is 0. The van der Waals surface area contributed by atoms with Crippen LogP contribution in [-0.2, 0) is 21.5 Å². The normalized spacial score (nSPS) is 21.7. The van der Waals surface area contributed by atoms with Crippen LogP contribution in [0.15, 0.2) is 88.1 Å². The van der Waals surface area contributed by atoms with Gasteiger partial charge in [-0.25, -0.2) is 9.37 Å². The van der Waals surface area contributed by atoms with Crippen molar-refractivity contribution < 1.29 is 50.9 Å². The molecule has 5 heterocycles. The van der Waals surface area contributed by atoms with E-state index in [2.05, 4.69) is 15.3 Å². The number of aromatic nitrogens is 2. The summed E-state index contributed by atoms with van der Waals surface area (Å²) < 4.78 is 72.5. The Kier molecular flexibility index (Phi) is 11.6. The van der Waals surface area contributed by atoms with Gasteiger partial charge in [0, 0.05) is 48.6 Å². The molecule has 0 bridgehead atoms. The molecule has 4 N–H and O–H groups in total. The van der Waals surface area contributed by atoms with Crippen LogP contribution in [0.1, 0.15) is 56.4 Å². The number of para-hydroxylation sites is 1. The Morgan fingerprint density at radius 3 is 2.53 bits per heavy atom. The number of carbonyl (C=O) groups is 2. The summed E-state index contributed by atoms with van der Waals surface area (Å²) in [5, 5.41) is 28.7. The molecule has 0 aliphatic carbocycles. The first-order chi connectivity index (χ1) is 27.7. The molecule has 1 saturated heterocycles. The van der Waals surface area contributed by atoms with Crippen molar-refractivity contribution in [2.45, 2.75) is 75.2 Å². The zero-order valence-electron chi connectivity index (χ0n) is 31.8. The molecule has 0 spiro atoms. The van der Waals surface area contributed by atoms with E-state index in [4.69, 9.17) is 13.6 Å². The molecule has 17 heteroatoms. The van der Waals surface area contributed by atoms with Crippen LogP contribution >= 0.6 is 0 Å². The minimum atomic E-state index is -4.76. The number of unbranched alkanes of at least 4 members (excludes halogenated alkanes) is 1. The van der Waals surface area contributed by atoms with Crippen LogP contribution in [0.3, 0.4) is 0 Å². The molecule has 58 heavy (non-hydrogen) atoms. The van der Waals surface area contributed by atoms with E-state index < -0.39 is 53.9 Å². The number of amides is 2. The molecule has 0 radical (unpaired) electrons. The Balaban J connectivity index is 1.16. The van der Waals surface area contributed by atoms with Crippen molar-refractivity contribution in [1.82, 2.24) is 30.4 Å². The highest BCUT2D eigenvalue weighted by Gasteiger charge is 2.58. The highest BCUT2D eigenvalue weighted by molar-refractivity contribution is 5.88. The van der Waals surface area contributed by atoms with Gasteiger partial charge >= 0.3 is 6.18 Å². The lowest BCUT2D eigenvalue weighted by molar-refractivity contribution is -0.197. The van der Waals surface area contributed by atoms with Crippen molar-refractivity contribution in [2.75, 3.05) is 32.8 Å². The van der Waals surface area contributed by atoms with Crippen LogP contribution in [0.5, 0.6) is 5.75 Å². The van der Waals surface area contributed by atoms with Crippen LogP contribution in [0.25, 0.3) is 22.3 Å². The average Bonchev–Trinajstić information content (AvgIpc) is 3.86. The zero-order valence-corrected chi connectivity index (χ0v) is 31.8. The molecule has 1 fully saturated rings. The second-order valence-corrected chi connectivity index (χ2v) is 15.1. The van der Waals surface area contributed by atoms with Gasteiger partial charge < -0.3 is 34.4 Å². The van der Waals surface area contributed by atoms with Gasteiger partial charge in [0.1, 0.15) is 48.3 Å². The quantitative estimate of drug-likeness (QED) is 0.0909. The van der Waals surface area contributed by atoms with Gasteiger partial charge in [0.2, 0.25) is 17.7 Å². The molecule has 3 aromatic heterocycles. The number of furan rings is 1. The number of piperazine rings is 1. The molecule has 2 aliphatic rings. The number of pyridine rings is 1. The van der Waals surface area contributed by atoms with Gasteiger partial charge in [-0.1, -0.05) is 18.2 Å². The molecular formula is C41H44F4N6O7. The summed E-state index contributed by atoms with van der Waals surface area (Å²) in [6.45, 7) is 2.12. The van der Waals surface area contributed by atoms with Crippen LogP contribution in [0.4, 0.5) is 17.6 Å². The molecule has 0 unspecified atom stereocenters. The summed E-state index contributed by atoms with van der Waals surface area (Å²) in [4.78, 5) is 39.4. The van der Waals surface area contributed by atoms with Crippen molar-refractivity contribution in [3.05, 3.63) is 102 Å². The van der Waals surface area contributed by atoms with Gasteiger partial charge in [-0.3, -0.25) is 24.4 Å². The maximum Gasteiger partial charge on any atom is 0.405 e. The van der Waals surface area contributed by atoms with Crippen molar-refractivity contribution in [3.8, 4) is 17.1 Å². The SMILES string of the molecule is CC(C)(c1ncc(-c2ccc(F)cc2)o1)N1CCN(CCCCC(=O)N[C@H]2c3ccccc3OC[C@H]2O)[C@](Cc2cc3ccncc3o2)(C(=O)NCC(F)(F)F)[C@@H]1O. The second-order valence-electron chi connectivity index (χ2n) is 15.1. The van der Waals surface area contributed by atoms with E-state index in [1.165, 1.54) is 36.7 Å². The Bertz CT molecular complexity index is 2190. The lowest BCUT2D eigenvalue weighted by Gasteiger charge is -2.55. The molecule has 7 rings (SSSR count). The van der Waals surface area contributed by atoms with Crippen LogP contribution in [0.2, 0.25) is 0 Å². The number of ether oxygens (including phenoxy) is 1. The third-order valence-electron chi connectivity index (χ3n) is 10.9. The highest BCUT2D eigenvalue weighted by atomic mass is 19.4. The van der Waals surface area contributed by atoms with Gasteiger partial charge in [-0.2, -0.15) is 13.2 Å². The summed E-state index contributed by atoms with van der Waals surface area (Å²) in [5.74, 6) is -0.601. The highest BCUT2D eigenvalue weighted by Crippen LogP contribution is 2.41. The number of halogens is 4. The molecule has 2 aromatic carbocycles. The number of nitrogens with zero attached hydrogens (tertiary/aromatic N) is 4. The second kappa shape index (κ2) is 16.5. The Morgan fingerprint density at radius 2 is 1.78 bits per heavy atom. The number of nitrogens with one attached hydrogen (secondary N) is 2. The number of hydrogen-bond acceptors (Lipinski definition) is 11. The standard InChI is InChI=1S/C41H44F4N6O7/c1-39(2,37-47-22-33(58-37)25-10-12-27(42)13-11-25)51-18-17-50(16-6-5-9-34(53)49-35-29-7-3-4-8-31(29)56-23-30(35)52)40(38(51)55,36(54)48-24-41(43,44)45)20-28-19-26-14-15-46-21-32(26)57-28/h3-4,7-8,10-15,19,21-22,30,35,38,52,55H,5-6,9,16-18,20,23-24H2,1-2H3,(H,48,54)(H,49,53)/t30-,35+,38+,40-/m1/s1. The smallest absolute Gasteiger partial charge is 0.405 e. The maximum atomic E-state index is 14.5. The van der Waals surface area contributed by atoms with E-state index in [1.54, 1.807) is 66.2 Å². The Hall–Kier alpha value is -5.36. The summed E-state index contributed by atoms with van der Waals surface area (Å²) in [6.07, 6.45) is -2.66. The van der Waals surface area contributed by atoms with E-state index in [0.29, 0.717) is 46.4 Å². The lowest BCUT2D eigenvalue weighted by Crippen LogP contribution is -2.76. The first-order valence-corrected chi connectivity index (χ1v) is 18.9. The van der Waals surface area contributed by atoms with Gasteiger partial charge in [-0.05, 0) is 75.7 Å². The molecule has 2 aliphatic heterocycles. The Labute approximate surface area is 331 Å². The van der Waals surface area contributed by atoms with Gasteiger partial charge in [0.15, 0.2) is 11.3 Å². The number of aliphatic hydroxyl groups is 2. The fraction of sp³-hybridized carbons (Fsp3) is 0.415. The van der Waals surface area contributed by atoms with Crippen LogP contribution in [-0.4, -0.2) is 98.6 Å². The van der Waals surface area contributed by atoms with Gasteiger partial charge in [-0.15, -0.1) is 0 Å². The van der Waals surface area contributed by atoms with E-state index in [-0.39, 0.29) is 56.6 Å². The molecule has 13 nitrogen and oxygen atoms in total. The fourth-order valence-electron chi connectivity index (χ4n) is 7.82. The summed E-state index contributed by atoms with van der Waals surface area (Å²) in [7, 11) is 0. The minimum absolute atomic E-state index is 0.0126. The van der Waals surface area contributed by atoms with Gasteiger partial charge in [0.05, 0.1) is 24.0 Å². The first-order valence-electron chi connectivity index (χ1n) is 18.9. The predicted octanol–water partition coefficient (Wildman–Crippen LogP) is 5.23. The molecule has 5 aromatic rings. The molecule has 0 saturated carbocycles. The number of aliphatic hydroxyl groups excluding tert-OH is 2. The number of fused-ring (bicyclic) bond motifs is 2. The van der Waals surface area contributed by atoms with Crippen molar-refractivity contribution in [2.24, 2.45) is 0 Å². The Morgan fingerprint density at radius 1 is 1.00 bits per heavy atom. The maximum absolute atomic E-state index is 14.5. The number of hydrogen-bond donors (Lipinski definition) is 4. The third-order valence-corrected chi connectivity index (χ3v) is 10.9. The fourth-order valence-corrected chi connectivity index (χ4v) is 7.82. The van der Waals surface area contributed by atoms with Crippen LogP contribution < -0.4 is 15.4 Å². The van der Waals surface area contributed by atoms with E-state index in [9.17, 15) is 37.4 Å². The lowest BCUT2D eigenvalue weighted by atomic mass is 9.82. The predicted molar refractivity (Wildman–Crippen MR) is 201 cm³/mol. The first kappa shape index (κ1) is 40.8. The number of benzene rings is 2. The van der Waals surface area contributed by atoms with Crippen molar-refractivity contribution in [1.29, 1.82) is 0 Å². The number of carbonyl (C=O) groups excluding carboxylic acids is 2. The largest absolute Gasteiger partial charge is 0.490 e.